The van der Waals surface area contributed by atoms with Gasteiger partial charge in [-0.05, 0) is 108 Å². The predicted molar refractivity (Wildman–Crippen MR) is 140 cm³/mol. The number of carbonyl (C=O) groups is 2. The summed E-state index contributed by atoms with van der Waals surface area (Å²) < 4.78 is 0. The van der Waals surface area contributed by atoms with E-state index in [1.165, 1.54) is 24.8 Å². The molecule has 8 atom stereocenters. The first-order valence-corrected chi connectivity index (χ1v) is 14.4. The van der Waals surface area contributed by atoms with Crippen LogP contribution in [0.1, 0.15) is 106 Å². The van der Waals surface area contributed by atoms with Crippen molar-refractivity contribution in [2.24, 2.45) is 50.7 Å². The zero-order valence-electron chi connectivity index (χ0n) is 23.5. The minimum atomic E-state index is -0.628. The standard InChI is InChI=1S/C31H49NO3/c1-18(2)24-20(33)17-31(26(35)32-8)16-15-29(6)19(25(24)31)9-10-22-28(5)13-12-23(34)27(3,4)21(28)11-14-30(22,29)7/h18-19,21-23,34H,9-17H2,1-8H3,(H,32,35)/t19?,21?,22?,23-,28-,29+,30+,31+/m0/s1. The average molecular weight is 484 g/mol. The van der Waals surface area contributed by atoms with Crippen molar-refractivity contribution in [1.29, 1.82) is 0 Å². The van der Waals surface area contributed by atoms with Gasteiger partial charge in [-0.1, -0.05) is 48.5 Å². The lowest BCUT2D eigenvalue weighted by atomic mass is 9.33. The van der Waals surface area contributed by atoms with Crippen LogP contribution < -0.4 is 5.32 Å². The number of nitrogens with one attached hydrogen (secondary N) is 1. The van der Waals surface area contributed by atoms with Crippen LogP contribution in [-0.2, 0) is 9.59 Å². The molecular formula is C31H49NO3. The molecule has 2 N–H and O–H groups in total. The summed E-state index contributed by atoms with van der Waals surface area (Å²) in [6, 6.07) is 0. The molecule has 196 valence electrons. The third-order valence-corrected chi connectivity index (χ3v) is 13.1. The van der Waals surface area contributed by atoms with Gasteiger partial charge in [0, 0.05) is 13.5 Å². The highest BCUT2D eigenvalue weighted by atomic mass is 16.3. The van der Waals surface area contributed by atoms with Gasteiger partial charge in [0.05, 0.1) is 11.5 Å². The maximum Gasteiger partial charge on any atom is 0.230 e. The van der Waals surface area contributed by atoms with Gasteiger partial charge in [0.25, 0.3) is 0 Å². The number of amides is 1. The van der Waals surface area contributed by atoms with Crippen LogP contribution in [0, 0.1) is 50.7 Å². The monoisotopic (exact) mass is 483 g/mol. The second-order valence-corrected chi connectivity index (χ2v) is 14.7. The number of Topliss-reactive ketones (excluding diaryl/α,β-unsaturated/α-hetero) is 1. The zero-order chi connectivity index (χ0) is 25.8. The normalized spacial score (nSPS) is 48.7. The Morgan fingerprint density at radius 2 is 1.60 bits per heavy atom. The molecule has 4 nitrogen and oxygen atoms in total. The fraction of sp³-hybridized carbons (Fsp3) is 0.871. The van der Waals surface area contributed by atoms with E-state index in [1.807, 2.05) is 0 Å². The number of rotatable bonds is 2. The number of ketones is 1. The van der Waals surface area contributed by atoms with Gasteiger partial charge in [-0.2, -0.15) is 0 Å². The fourth-order valence-electron chi connectivity index (χ4n) is 11.1. The third kappa shape index (κ3) is 2.95. The summed E-state index contributed by atoms with van der Waals surface area (Å²) in [6.45, 7) is 16.5. The number of allylic oxidation sites excluding steroid dienone is 1. The first-order chi connectivity index (χ1) is 16.2. The van der Waals surface area contributed by atoms with Crippen LogP contribution in [0.25, 0.3) is 0 Å². The Hall–Kier alpha value is -1.16. The molecule has 0 saturated heterocycles. The first kappa shape index (κ1) is 25.5. The van der Waals surface area contributed by atoms with Crippen molar-refractivity contribution in [2.75, 3.05) is 7.05 Å². The molecule has 0 radical (unpaired) electrons. The molecule has 5 aliphatic rings. The van der Waals surface area contributed by atoms with Gasteiger partial charge in [-0.15, -0.1) is 0 Å². The van der Waals surface area contributed by atoms with E-state index in [1.54, 1.807) is 7.05 Å². The molecule has 35 heavy (non-hydrogen) atoms. The van der Waals surface area contributed by atoms with Gasteiger partial charge in [-0.3, -0.25) is 9.59 Å². The molecule has 0 aliphatic heterocycles. The molecule has 0 aromatic carbocycles. The van der Waals surface area contributed by atoms with E-state index in [2.05, 4.69) is 53.8 Å². The highest BCUT2D eigenvalue weighted by Gasteiger charge is 2.70. The van der Waals surface area contributed by atoms with E-state index in [-0.39, 0.29) is 45.4 Å². The molecule has 0 aromatic heterocycles. The lowest BCUT2D eigenvalue weighted by molar-refractivity contribution is -0.228. The van der Waals surface area contributed by atoms with E-state index in [9.17, 15) is 14.7 Å². The molecule has 0 heterocycles. The van der Waals surface area contributed by atoms with E-state index in [0.717, 1.165) is 37.7 Å². The zero-order valence-corrected chi connectivity index (χ0v) is 23.5. The van der Waals surface area contributed by atoms with Crippen LogP contribution in [0.3, 0.4) is 0 Å². The summed E-state index contributed by atoms with van der Waals surface area (Å²) >= 11 is 0. The number of carbonyl (C=O) groups excluding carboxylic acids is 2. The molecule has 4 saturated carbocycles. The van der Waals surface area contributed by atoms with Crippen molar-refractivity contribution in [2.45, 2.75) is 112 Å². The Morgan fingerprint density at radius 1 is 0.914 bits per heavy atom. The predicted octanol–water partition coefficient (Wildman–Crippen LogP) is 6.07. The summed E-state index contributed by atoms with van der Waals surface area (Å²) in [5.74, 6) is 1.91. The van der Waals surface area contributed by atoms with E-state index in [0.29, 0.717) is 24.2 Å². The van der Waals surface area contributed by atoms with Gasteiger partial charge >= 0.3 is 0 Å². The van der Waals surface area contributed by atoms with Crippen molar-refractivity contribution >= 4 is 11.7 Å². The highest BCUT2D eigenvalue weighted by Crippen LogP contribution is 2.76. The van der Waals surface area contributed by atoms with Crippen molar-refractivity contribution in [3.05, 3.63) is 11.1 Å². The number of aliphatic hydroxyl groups excluding tert-OH is 1. The molecule has 0 spiro atoms. The molecule has 0 bridgehead atoms. The summed E-state index contributed by atoms with van der Waals surface area (Å²) in [6.07, 6.45) is 8.61. The Bertz CT molecular complexity index is 980. The first-order valence-electron chi connectivity index (χ1n) is 14.4. The average Bonchev–Trinajstić information content (AvgIpc) is 3.10. The van der Waals surface area contributed by atoms with Gasteiger partial charge in [0.2, 0.25) is 5.91 Å². The van der Waals surface area contributed by atoms with Crippen LogP contribution >= 0.6 is 0 Å². The number of hydrogen-bond donors (Lipinski definition) is 2. The molecular weight excluding hydrogens is 434 g/mol. The summed E-state index contributed by atoms with van der Waals surface area (Å²) in [5.41, 5.74) is 2.04. The summed E-state index contributed by atoms with van der Waals surface area (Å²) in [5, 5.41) is 13.9. The smallest absolute Gasteiger partial charge is 0.230 e. The fourth-order valence-corrected chi connectivity index (χ4v) is 11.1. The van der Waals surface area contributed by atoms with E-state index < -0.39 is 5.41 Å². The van der Waals surface area contributed by atoms with Crippen LogP contribution in [0.5, 0.6) is 0 Å². The van der Waals surface area contributed by atoms with Gasteiger partial charge in [0.15, 0.2) is 5.78 Å². The van der Waals surface area contributed by atoms with Crippen LogP contribution in [-0.4, -0.2) is 29.9 Å². The molecule has 4 heteroatoms. The molecule has 5 rings (SSSR count). The Kier molecular flexibility index (Phi) is 5.59. The number of fused-ring (bicyclic) bond motifs is 7. The van der Waals surface area contributed by atoms with Crippen LogP contribution in [0.2, 0.25) is 0 Å². The minimum absolute atomic E-state index is 0.0434. The molecule has 4 fully saturated rings. The van der Waals surface area contributed by atoms with Crippen LogP contribution in [0.15, 0.2) is 11.1 Å². The SMILES string of the molecule is CNC(=O)[C@@]12CC[C@]3(C)C(CCC4[C@@]5(C)CC[C@H](O)C(C)(C)C5CC[C@]43C)C1=C(C(C)C)C(=O)C2. The number of aliphatic hydroxyl groups is 1. The maximum absolute atomic E-state index is 13.4. The highest BCUT2D eigenvalue weighted by molar-refractivity contribution is 6.06. The van der Waals surface area contributed by atoms with Crippen molar-refractivity contribution in [3.8, 4) is 0 Å². The second kappa shape index (κ2) is 7.68. The van der Waals surface area contributed by atoms with Gasteiger partial charge in [0.1, 0.15) is 0 Å². The topological polar surface area (TPSA) is 66.4 Å². The Morgan fingerprint density at radius 3 is 2.23 bits per heavy atom. The van der Waals surface area contributed by atoms with E-state index in [4.69, 9.17) is 0 Å². The second-order valence-electron chi connectivity index (χ2n) is 14.7. The molecule has 1 amide bonds. The molecule has 3 unspecified atom stereocenters. The molecule has 5 aliphatic carbocycles. The number of hydrogen-bond acceptors (Lipinski definition) is 3. The Labute approximate surface area is 213 Å². The van der Waals surface area contributed by atoms with Crippen LogP contribution in [0.4, 0.5) is 0 Å². The van der Waals surface area contributed by atoms with Gasteiger partial charge in [-0.25, -0.2) is 0 Å². The van der Waals surface area contributed by atoms with Crippen molar-refractivity contribution in [3.63, 3.8) is 0 Å². The third-order valence-electron chi connectivity index (χ3n) is 13.1. The quantitative estimate of drug-likeness (QED) is 0.501. The van der Waals surface area contributed by atoms with Gasteiger partial charge < -0.3 is 10.4 Å². The maximum atomic E-state index is 13.4. The lowest BCUT2D eigenvalue weighted by Crippen LogP contribution is -2.66. The molecule has 0 aromatic rings. The summed E-state index contributed by atoms with van der Waals surface area (Å²) in [4.78, 5) is 26.9. The summed E-state index contributed by atoms with van der Waals surface area (Å²) in [7, 11) is 1.74. The minimum Gasteiger partial charge on any atom is -0.393 e. The van der Waals surface area contributed by atoms with E-state index >= 15 is 0 Å². The van der Waals surface area contributed by atoms with Crippen molar-refractivity contribution < 1.29 is 14.7 Å². The Balaban J connectivity index is 1.62. The van der Waals surface area contributed by atoms with Crippen molar-refractivity contribution in [1.82, 2.24) is 5.32 Å². The largest absolute Gasteiger partial charge is 0.393 e. The lowest BCUT2D eigenvalue weighted by Gasteiger charge is -2.72.